The Morgan fingerprint density at radius 2 is 1.90 bits per heavy atom. The van der Waals surface area contributed by atoms with Crippen molar-refractivity contribution in [3.8, 4) is 5.75 Å². The second-order valence-electron chi connectivity index (χ2n) is 5.39. The highest BCUT2D eigenvalue weighted by Gasteiger charge is 2.34. The Morgan fingerprint density at radius 1 is 1.33 bits per heavy atom. The fraction of sp³-hybridized carbons (Fsp3) is 0.500. The van der Waals surface area contributed by atoms with Crippen LogP contribution in [0.25, 0.3) is 0 Å². The number of amides is 1. The summed E-state index contributed by atoms with van der Waals surface area (Å²) in [4.78, 5) is 13.5. The van der Waals surface area contributed by atoms with Gasteiger partial charge in [-0.1, -0.05) is 0 Å². The zero-order chi connectivity index (χ0) is 15.8. The molecule has 5 nitrogen and oxygen atoms in total. The number of hydrogen-bond acceptors (Lipinski definition) is 4. The average molecular weight is 315 g/mol. The van der Waals surface area contributed by atoms with Crippen LogP contribution in [0.2, 0.25) is 0 Å². The molecule has 0 bridgehead atoms. The van der Waals surface area contributed by atoms with Crippen molar-refractivity contribution < 1.29 is 21.8 Å². The smallest absolute Gasteiger partial charge is 0.302 e. The molecule has 0 saturated carbocycles. The van der Waals surface area contributed by atoms with Crippen molar-refractivity contribution in [3.63, 3.8) is 0 Å². The van der Waals surface area contributed by atoms with Crippen LogP contribution in [0.1, 0.15) is 17.5 Å². The SMILES string of the molecule is COc1c(C)cc(N2CC(CS(=O)(=O)F)CC2=O)cc1C. The zero-order valence-corrected chi connectivity index (χ0v) is 13.0. The second kappa shape index (κ2) is 5.63. The maximum atomic E-state index is 12.8. The van der Waals surface area contributed by atoms with Gasteiger partial charge in [0.2, 0.25) is 5.91 Å². The van der Waals surface area contributed by atoms with Crippen molar-refractivity contribution in [1.82, 2.24) is 0 Å². The van der Waals surface area contributed by atoms with E-state index in [1.165, 1.54) is 4.90 Å². The molecule has 0 radical (unpaired) electrons. The molecule has 1 amide bonds. The Labute approximate surface area is 123 Å². The molecular weight excluding hydrogens is 297 g/mol. The molecule has 1 unspecified atom stereocenters. The first-order chi connectivity index (χ1) is 9.71. The van der Waals surface area contributed by atoms with Gasteiger partial charge in [-0.2, -0.15) is 8.42 Å². The van der Waals surface area contributed by atoms with Crippen LogP contribution in [0.15, 0.2) is 12.1 Å². The van der Waals surface area contributed by atoms with Crippen LogP contribution in [0.5, 0.6) is 5.75 Å². The second-order valence-corrected chi connectivity index (χ2v) is 6.80. The number of anilines is 1. The zero-order valence-electron chi connectivity index (χ0n) is 12.2. The van der Waals surface area contributed by atoms with Gasteiger partial charge in [-0.05, 0) is 37.1 Å². The third-order valence-electron chi connectivity index (χ3n) is 3.60. The Kier molecular flexibility index (Phi) is 4.22. The van der Waals surface area contributed by atoms with Crippen LogP contribution in [0, 0.1) is 19.8 Å². The summed E-state index contributed by atoms with van der Waals surface area (Å²) in [6, 6.07) is 3.63. The van der Waals surface area contributed by atoms with Crippen LogP contribution in [-0.2, 0) is 15.0 Å². The molecule has 1 aliphatic rings. The fourth-order valence-corrected chi connectivity index (χ4v) is 3.62. The maximum absolute atomic E-state index is 12.8. The third kappa shape index (κ3) is 3.53. The Morgan fingerprint density at radius 3 is 2.38 bits per heavy atom. The van der Waals surface area contributed by atoms with E-state index < -0.39 is 21.9 Å². The summed E-state index contributed by atoms with van der Waals surface area (Å²) in [5, 5.41) is 0. The number of methoxy groups -OCH3 is 1. The summed E-state index contributed by atoms with van der Waals surface area (Å²) < 4.78 is 39.5. The van der Waals surface area contributed by atoms with Crippen molar-refractivity contribution in [2.45, 2.75) is 20.3 Å². The molecule has 0 aliphatic carbocycles. The average Bonchev–Trinajstić information content (AvgIpc) is 2.67. The molecule has 1 aromatic carbocycles. The molecule has 7 heteroatoms. The summed E-state index contributed by atoms with van der Waals surface area (Å²) >= 11 is 0. The van der Waals surface area contributed by atoms with E-state index in [2.05, 4.69) is 0 Å². The van der Waals surface area contributed by atoms with E-state index in [0.29, 0.717) is 5.69 Å². The lowest BCUT2D eigenvalue weighted by atomic mass is 10.1. The molecule has 1 fully saturated rings. The third-order valence-corrected chi connectivity index (χ3v) is 4.47. The molecular formula is C14H18FNO4S. The van der Waals surface area contributed by atoms with Gasteiger partial charge >= 0.3 is 10.2 Å². The Balaban J connectivity index is 2.25. The van der Waals surface area contributed by atoms with Crippen LogP contribution in [-0.4, -0.2) is 33.7 Å². The standard InChI is InChI=1S/C14H18FNO4S/c1-9-4-12(5-10(2)14(9)20-3)16-7-11(6-13(16)17)8-21(15,18)19/h4-5,11H,6-8H2,1-3H3. The number of hydrogen-bond donors (Lipinski definition) is 0. The molecule has 1 heterocycles. The molecule has 0 aromatic heterocycles. The highest BCUT2D eigenvalue weighted by atomic mass is 32.3. The molecule has 1 atom stereocenters. The van der Waals surface area contributed by atoms with Crippen molar-refractivity contribution in [1.29, 1.82) is 0 Å². The first kappa shape index (κ1) is 15.8. The van der Waals surface area contributed by atoms with Gasteiger partial charge in [-0.25, -0.2) is 0 Å². The van der Waals surface area contributed by atoms with E-state index in [1.54, 1.807) is 7.11 Å². The van der Waals surface area contributed by atoms with Gasteiger partial charge in [0.15, 0.2) is 0 Å². The molecule has 1 saturated heterocycles. The van der Waals surface area contributed by atoms with Crippen LogP contribution in [0.4, 0.5) is 9.57 Å². The fourth-order valence-electron chi connectivity index (χ4n) is 2.83. The topological polar surface area (TPSA) is 63.7 Å². The van der Waals surface area contributed by atoms with Gasteiger partial charge in [0.05, 0.1) is 12.9 Å². The van der Waals surface area contributed by atoms with Crippen molar-refractivity contribution >= 4 is 21.8 Å². The summed E-state index contributed by atoms with van der Waals surface area (Å²) in [6.45, 7) is 3.96. The monoisotopic (exact) mass is 315 g/mol. The van der Waals surface area contributed by atoms with Crippen molar-refractivity contribution in [2.75, 3.05) is 24.3 Å². The molecule has 0 spiro atoms. The number of carbonyl (C=O) groups excluding carboxylic acids is 1. The predicted octanol–water partition coefficient (Wildman–Crippen LogP) is 1.96. The Hall–Kier alpha value is -1.63. The van der Waals surface area contributed by atoms with E-state index in [4.69, 9.17) is 4.74 Å². The highest BCUT2D eigenvalue weighted by molar-refractivity contribution is 7.86. The van der Waals surface area contributed by atoms with E-state index >= 15 is 0 Å². The highest BCUT2D eigenvalue weighted by Crippen LogP contribution is 2.32. The molecule has 1 aromatic rings. The predicted molar refractivity (Wildman–Crippen MR) is 77.8 cm³/mol. The van der Waals surface area contributed by atoms with Gasteiger partial charge in [-0.3, -0.25) is 4.79 Å². The summed E-state index contributed by atoms with van der Waals surface area (Å²) in [7, 11) is -2.98. The van der Waals surface area contributed by atoms with Crippen LogP contribution in [0.3, 0.4) is 0 Å². The molecule has 116 valence electrons. The molecule has 2 rings (SSSR count). The number of rotatable bonds is 4. The van der Waals surface area contributed by atoms with Crippen LogP contribution >= 0.6 is 0 Å². The van der Waals surface area contributed by atoms with Crippen molar-refractivity contribution in [3.05, 3.63) is 23.3 Å². The van der Waals surface area contributed by atoms with Gasteiger partial charge in [0.25, 0.3) is 0 Å². The first-order valence-electron chi connectivity index (χ1n) is 6.59. The minimum absolute atomic E-state index is 0.0489. The quantitative estimate of drug-likeness (QED) is 0.797. The molecule has 1 aliphatic heterocycles. The molecule has 0 N–H and O–H groups in total. The number of halogens is 1. The minimum atomic E-state index is -4.56. The van der Waals surface area contributed by atoms with Crippen molar-refractivity contribution in [2.24, 2.45) is 5.92 Å². The molecule has 21 heavy (non-hydrogen) atoms. The van der Waals surface area contributed by atoms with Gasteiger partial charge in [0.1, 0.15) is 5.75 Å². The number of nitrogens with zero attached hydrogens (tertiary/aromatic N) is 1. The minimum Gasteiger partial charge on any atom is -0.496 e. The summed E-state index contributed by atoms with van der Waals surface area (Å²) in [6.07, 6.45) is 0.0489. The first-order valence-corrected chi connectivity index (χ1v) is 8.14. The number of aryl methyl sites for hydroxylation is 2. The lowest BCUT2D eigenvalue weighted by molar-refractivity contribution is -0.117. The number of benzene rings is 1. The maximum Gasteiger partial charge on any atom is 0.302 e. The van der Waals surface area contributed by atoms with Crippen LogP contribution < -0.4 is 9.64 Å². The van der Waals surface area contributed by atoms with Gasteiger partial charge < -0.3 is 9.64 Å². The summed E-state index contributed by atoms with van der Waals surface area (Å²) in [5.41, 5.74) is 2.47. The lowest BCUT2D eigenvalue weighted by Gasteiger charge is -2.19. The lowest BCUT2D eigenvalue weighted by Crippen LogP contribution is -2.25. The van der Waals surface area contributed by atoms with E-state index in [9.17, 15) is 17.1 Å². The van der Waals surface area contributed by atoms with E-state index in [-0.39, 0.29) is 18.9 Å². The van der Waals surface area contributed by atoms with E-state index in [1.807, 2.05) is 26.0 Å². The number of carbonyl (C=O) groups is 1. The van der Waals surface area contributed by atoms with E-state index in [0.717, 1.165) is 16.9 Å². The largest absolute Gasteiger partial charge is 0.496 e. The summed E-state index contributed by atoms with van der Waals surface area (Å²) in [5.74, 6) is -0.542. The normalized spacial score (nSPS) is 19.1. The Bertz CT molecular complexity index is 649. The number of ether oxygens (including phenoxy) is 1. The van der Waals surface area contributed by atoms with Gasteiger partial charge in [-0.15, -0.1) is 3.89 Å². The van der Waals surface area contributed by atoms with Gasteiger partial charge in [0, 0.05) is 24.6 Å².